The lowest BCUT2D eigenvalue weighted by Crippen LogP contribution is -2.10. The molecule has 2 heteroatoms. The zero-order chi connectivity index (χ0) is 14.7. The molecule has 1 unspecified atom stereocenters. The predicted octanol–water partition coefficient (Wildman–Crippen LogP) is 5.63. The molecule has 0 saturated heterocycles. The number of halogens is 2. The summed E-state index contributed by atoms with van der Waals surface area (Å²) < 4.78 is 0. The Morgan fingerprint density at radius 1 is 0.905 bits per heavy atom. The van der Waals surface area contributed by atoms with Crippen LogP contribution in [0, 0.1) is 5.92 Å². The first kappa shape index (κ1) is 15.1. The topological polar surface area (TPSA) is 0 Å². The molecule has 2 aromatic carbocycles. The van der Waals surface area contributed by atoms with Crippen LogP contribution in [0.3, 0.4) is 0 Å². The monoisotopic (exact) mass is 362 g/mol. The van der Waals surface area contributed by atoms with Gasteiger partial charge in [0.2, 0.25) is 0 Å². The normalized spacial score (nSPS) is 15.0. The van der Waals surface area contributed by atoms with Crippen LogP contribution in [0.5, 0.6) is 0 Å². The first-order valence-corrected chi connectivity index (χ1v) is 9.15. The van der Waals surface area contributed by atoms with Crippen LogP contribution >= 0.6 is 27.5 Å². The van der Waals surface area contributed by atoms with Crippen LogP contribution in [0.25, 0.3) is 0 Å². The quantitative estimate of drug-likeness (QED) is 0.604. The second-order valence-corrected chi connectivity index (χ2v) is 7.10. The van der Waals surface area contributed by atoms with Crippen molar-refractivity contribution < 1.29 is 0 Å². The molecule has 0 N–H and O–H groups in total. The van der Waals surface area contributed by atoms with Gasteiger partial charge in [-0.2, -0.15) is 0 Å². The molecule has 2 aromatic rings. The van der Waals surface area contributed by atoms with E-state index >= 15 is 0 Å². The molecule has 0 spiro atoms. The van der Waals surface area contributed by atoms with Gasteiger partial charge >= 0.3 is 0 Å². The van der Waals surface area contributed by atoms with Gasteiger partial charge in [-0.15, -0.1) is 0 Å². The Bertz CT molecular complexity index is 603. The Morgan fingerprint density at radius 2 is 1.57 bits per heavy atom. The zero-order valence-corrected chi connectivity index (χ0v) is 14.5. The van der Waals surface area contributed by atoms with Gasteiger partial charge in [0.1, 0.15) is 0 Å². The molecule has 110 valence electrons. The number of rotatable bonds is 5. The molecule has 0 saturated carbocycles. The molecule has 21 heavy (non-hydrogen) atoms. The van der Waals surface area contributed by atoms with Gasteiger partial charge in [-0.05, 0) is 72.4 Å². The molecule has 0 amide bonds. The van der Waals surface area contributed by atoms with Crippen molar-refractivity contribution in [2.75, 3.05) is 5.33 Å². The maximum atomic E-state index is 5.96. The SMILES string of the molecule is Clc1ccc(CC(CBr)Cc2ccc3c(c2)CCC3)cc1. The lowest BCUT2D eigenvalue weighted by atomic mass is 9.93. The third-order valence-corrected chi connectivity index (χ3v) is 5.51. The lowest BCUT2D eigenvalue weighted by Gasteiger charge is -2.15. The van der Waals surface area contributed by atoms with E-state index in [0.29, 0.717) is 5.92 Å². The summed E-state index contributed by atoms with van der Waals surface area (Å²) in [6.07, 6.45) is 6.09. The van der Waals surface area contributed by atoms with Gasteiger partial charge in [0.25, 0.3) is 0 Å². The van der Waals surface area contributed by atoms with Crippen LogP contribution < -0.4 is 0 Å². The van der Waals surface area contributed by atoms with E-state index in [2.05, 4.69) is 46.3 Å². The molecule has 0 bridgehead atoms. The van der Waals surface area contributed by atoms with E-state index in [0.717, 1.165) is 23.2 Å². The summed E-state index contributed by atoms with van der Waals surface area (Å²) in [5, 5.41) is 1.85. The second kappa shape index (κ2) is 6.98. The van der Waals surface area contributed by atoms with Crippen LogP contribution in [0.15, 0.2) is 42.5 Å². The highest BCUT2D eigenvalue weighted by molar-refractivity contribution is 9.09. The molecular formula is C19H20BrCl. The highest BCUT2D eigenvalue weighted by Gasteiger charge is 2.14. The molecule has 1 aliphatic rings. The molecule has 0 fully saturated rings. The Morgan fingerprint density at radius 3 is 2.33 bits per heavy atom. The van der Waals surface area contributed by atoms with Crippen molar-refractivity contribution in [3.8, 4) is 0 Å². The number of alkyl halides is 1. The van der Waals surface area contributed by atoms with E-state index in [9.17, 15) is 0 Å². The van der Waals surface area contributed by atoms with Crippen LogP contribution in [-0.4, -0.2) is 5.33 Å². The smallest absolute Gasteiger partial charge is 0.0406 e. The first-order chi connectivity index (χ1) is 10.2. The molecule has 0 aliphatic heterocycles. The third kappa shape index (κ3) is 3.90. The van der Waals surface area contributed by atoms with Crippen LogP contribution in [-0.2, 0) is 25.7 Å². The lowest BCUT2D eigenvalue weighted by molar-refractivity contribution is 0.591. The minimum Gasteiger partial charge on any atom is -0.0925 e. The van der Waals surface area contributed by atoms with E-state index in [1.807, 2.05) is 12.1 Å². The van der Waals surface area contributed by atoms with Crippen LogP contribution in [0.4, 0.5) is 0 Å². The summed E-state index contributed by atoms with van der Waals surface area (Å²) >= 11 is 9.64. The van der Waals surface area contributed by atoms with Crippen molar-refractivity contribution in [1.29, 1.82) is 0 Å². The zero-order valence-electron chi connectivity index (χ0n) is 12.1. The number of hydrogen-bond acceptors (Lipinski definition) is 0. The number of benzene rings is 2. The number of aryl methyl sites for hydroxylation is 2. The van der Waals surface area contributed by atoms with Gasteiger partial charge in [0.15, 0.2) is 0 Å². The Labute approximate surface area is 140 Å². The van der Waals surface area contributed by atoms with E-state index in [1.165, 1.54) is 30.4 Å². The van der Waals surface area contributed by atoms with Crippen molar-refractivity contribution in [3.05, 3.63) is 69.7 Å². The van der Waals surface area contributed by atoms with Gasteiger partial charge in [-0.3, -0.25) is 0 Å². The van der Waals surface area contributed by atoms with Gasteiger partial charge in [0, 0.05) is 10.4 Å². The fourth-order valence-electron chi connectivity index (χ4n) is 3.22. The molecule has 0 radical (unpaired) electrons. The Hall–Kier alpha value is -0.790. The van der Waals surface area contributed by atoms with E-state index in [1.54, 1.807) is 11.1 Å². The minimum absolute atomic E-state index is 0.630. The van der Waals surface area contributed by atoms with Crippen molar-refractivity contribution >= 4 is 27.5 Å². The minimum atomic E-state index is 0.630. The molecule has 1 atom stereocenters. The Balaban J connectivity index is 1.68. The van der Waals surface area contributed by atoms with Crippen molar-refractivity contribution in [2.24, 2.45) is 5.92 Å². The van der Waals surface area contributed by atoms with Crippen LogP contribution in [0.1, 0.15) is 28.7 Å². The van der Waals surface area contributed by atoms with Gasteiger partial charge in [0.05, 0.1) is 0 Å². The fraction of sp³-hybridized carbons (Fsp3) is 0.368. The van der Waals surface area contributed by atoms with Crippen LogP contribution in [0.2, 0.25) is 5.02 Å². The number of fused-ring (bicyclic) bond motifs is 1. The molecule has 0 aromatic heterocycles. The highest BCUT2D eigenvalue weighted by Crippen LogP contribution is 2.25. The summed E-state index contributed by atoms with van der Waals surface area (Å²) in [5.74, 6) is 0.630. The molecule has 0 nitrogen and oxygen atoms in total. The number of hydrogen-bond donors (Lipinski definition) is 0. The van der Waals surface area contributed by atoms with Gasteiger partial charge in [-0.1, -0.05) is 57.9 Å². The summed E-state index contributed by atoms with van der Waals surface area (Å²) in [6.45, 7) is 0. The van der Waals surface area contributed by atoms with Gasteiger partial charge in [-0.25, -0.2) is 0 Å². The molecule has 3 rings (SSSR count). The standard InChI is InChI=1S/C19H20BrCl/c20-13-16(10-14-5-8-19(21)9-6-14)11-15-4-7-17-2-1-3-18(17)12-15/h4-9,12,16H,1-3,10-11,13H2. The maximum Gasteiger partial charge on any atom is 0.0406 e. The van der Waals surface area contributed by atoms with E-state index < -0.39 is 0 Å². The largest absolute Gasteiger partial charge is 0.0925 e. The second-order valence-electron chi connectivity index (χ2n) is 6.01. The van der Waals surface area contributed by atoms with Gasteiger partial charge < -0.3 is 0 Å². The molecule has 0 heterocycles. The first-order valence-electron chi connectivity index (χ1n) is 7.65. The summed E-state index contributed by atoms with van der Waals surface area (Å²) in [6, 6.07) is 15.3. The predicted molar refractivity (Wildman–Crippen MR) is 94.6 cm³/mol. The fourth-order valence-corrected chi connectivity index (χ4v) is 3.80. The molecular weight excluding hydrogens is 344 g/mol. The summed E-state index contributed by atoms with van der Waals surface area (Å²) in [5.41, 5.74) is 5.98. The van der Waals surface area contributed by atoms with E-state index in [-0.39, 0.29) is 0 Å². The van der Waals surface area contributed by atoms with Crippen molar-refractivity contribution in [3.63, 3.8) is 0 Å². The van der Waals surface area contributed by atoms with Crippen molar-refractivity contribution in [1.82, 2.24) is 0 Å². The summed E-state index contributed by atoms with van der Waals surface area (Å²) in [7, 11) is 0. The van der Waals surface area contributed by atoms with Crippen molar-refractivity contribution in [2.45, 2.75) is 32.1 Å². The maximum absolute atomic E-state index is 5.96. The highest BCUT2D eigenvalue weighted by atomic mass is 79.9. The van der Waals surface area contributed by atoms with E-state index in [4.69, 9.17) is 11.6 Å². The third-order valence-electron chi connectivity index (χ3n) is 4.34. The molecule has 1 aliphatic carbocycles. The average molecular weight is 364 g/mol. The summed E-state index contributed by atoms with van der Waals surface area (Å²) in [4.78, 5) is 0. The Kier molecular flexibility index (Phi) is 5.03. The average Bonchev–Trinajstić information content (AvgIpc) is 2.96.